The molecule has 1 aliphatic rings. The highest BCUT2D eigenvalue weighted by Gasteiger charge is 2.22. The van der Waals surface area contributed by atoms with Gasteiger partial charge in [-0.2, -0.15) is 4.98 Å². The topological polar surface area (TPSA) is 44.2 Å². The van der Waals surface area contributed by atoms with E-state index in [1.807, 2.05) is 6.92 Å². The molecule has 2 heterocycles. The fraction of sp³-hybridized carbons (Fsp3) is 0.500. The average Bonchev–Trinajstić information content (AvgIpc) is 2.05. The molecular formula is C8H8BrClN2O2. The van der Waals surface area contributed by atoms with Crippen LogP contribution in [0.2, 0.25) is 5.28 Å². The van der Waals surface area contributed by atoms with Gasteiger partial charge < -0.3 is 9.47 Å². The minimum atomic E-state index is 0.0802. The van der Waals surface area contributed by atoms with Crippen molar-refractivity contribution in [3.8, 4) is 5.88 Å². The van der Waals surface area contributed by atoms with Gasteiger partial charge in [0, 0.05) is 0 Å². The van der Waals surface area contributed by atoms with Gasteiger partial charge in [0.05, 0.1) is 18.9 Å². The predicted octanol–water partition coefficient (Wildman–Crippen LogP) is 1.98. The molecule has 1 aromatic rings. The molecule has 2 rings (SSSR count). The van der Waals surface area contributed by atoms with Crippen LogP contribution < -0.4 is 4.74 Å². The predicted molar refractivity (Wildman–Crippen MR) is 54.7 cm³/mol. The first kappa shape index (κ1) is 10.1. The van der Waals surface area contributed by atoms with E-state index in [1.54, 1.807) is 0 Å². The van der Waals surface area contributed by atoms with Gasteiger partial charge >= 0.3 is 0 Å². The van der Waals surface area contributed by atoms with Gasteiger partial charge in [-0.3, -0.25) is 0 Å². The average molecular weight is 280 g/mol. The van der Waals surface area contributed by atoms with Gasteiger partial charge in [-0.15, -0.1) is 0 Å². The second-order valence-electron chi connectivity index (χ2n) is 2.97. The largest absolute Gasteiger partial charge is 0.469 e. The van der Waals surface area contributed by atoms with E-state index in [2.05, 4.69) is 25.9 Å². The number of ether oxygens (including phenoxy) is 2. The minimum absolute atomic E-state index is 0.0802. The highest BCUT2D eigenvalue weighted by atomic mass is 79.9. The maximum absolute atomic E-state index is 5.71. The summed E-state index contributed by atoms with van der Waals surface area (Å²) < 4.78 is 11.3. The quantitative estimate of drug-likeness (QED) is 0.777. The molecule has 0 N–H and O–H groups in total. The summed E-state index contributed by atoms with van der Waals surface area (Å²) in [6.45, 7) is 3.04. The van der Waals surface area contributed by atoms with Crippen LogP contribution in [0, 0.1) is 6.92 Å². The van der Waals surface area contributed by atoms with E-state index in [4.69, 9.17) is 21.1 Å². The summed E-state index contributed by atoms with van der Waals surface area (Å²) in [5.41, 5.74) is 0.764. The summed E-state index contributed by atoms with van der Waals surface area (Å²) >= 11 is 9.06. The maximum Gasteiger partial charge on any atom is 0.233 e. The molecule has 0 atom stereocenters. The minimum Gasteiger partial charge on any atom is -0.469 e. The fourth-order valence-electron chi connectivity index (χ4n) is 1.02. The Morgan fingerprint density at radius 2 is 2.21 bits per heavy atom. The number of aryl methyl sites for hydroxylation is 1. The van der Waals surface area contributed by atoms with Crippen LogP contribution in [0.15, 0.2) is 4.47 Å². The van der Waals surface area contributed by atoms with Gasteiger partial charge in [-0.05, 0) is 34.5 Å². The lowest BCUT2D eigenvalue weighted by Gasteiger charge is -2.26. The van der Waals surface area contributed by atoms with Gasteiger partial charge in [-0.25, -0.2) is 4.98 Å². The first-order valence-corrected chi connectivity index (χ1v) is 5.28. The van der Waals surface area contributed by atoms with E-state index in [9.17, 15) is 0 Å². The molecule has 1 fully saturated rings. The van der Waals surface area contributed by atoms with Crippen LogP contribution in [-0.2, 0) is 4.74 Å². The van der Waals surface area contributed by atoms with E-state index in [1.165, 1.54) is 0 Å². The van der Waals surface area contributed by atoms with Crippen molar-refractivity contribution in [3.05, 3.63) is 15.5 Å². The Kier molecular flexibility index (Phi) is 2.90. The zero-order valence-corrected chi connectivity index (χ0v) is 9.80. The van der Waals surface area contributed by atoms with E-state index < -0.39 is 0 Å². The van der Waals surface area contributed by atoms with Gasteiger partial charge in [0.2, 0.25) is 11.2 Å². The zero-order chi connectivity index (χ0) is 10.1. The van der Waals surface area contributed by atoms with E-state index >= 15 is 0 Å². The van der Waals surface area contributed by atoms with Gasteiger partial charge in [0.25, 0.3) is 0 Å². The van der Waals surface area contributed by atoms with Crippen molar-refractivity contribution in [1.29, 1.82) is 0 Å². The lowest BCUT2D eigenvalue weighted by Crippen LogP contribution is -2.38. The zero-order valence-electron chi connectivity index (χ0n) is 7.46. The molecular weight excluding hydrogens is 271 g/mol. The molecule has 0 unspecified atom stereocenters. The number of rotatable bonds is 2. The molecule has 0 aromatic carbocycles. The summed E-state index contributed by atoms with van der Waals surface area (Å²) in [5.74, 6) is 0.482. The molecule has 0 amide bonds. The van der Waals surface area contributed by atoms with Crippen LogP contribution in [0.3, 0.4) is 0 Å². The normalized spacial score (nSPS) is 16.5. The summed E-state index contributed by atoms with van der Waals surface area (Å²) in [7, 11) is 0. The van der Waals surface area contributed by atoms with Crippen LogP contribution in [0.25, 0.3) is 0 Å². The molecule has 1 aliphatic heterocycles. The Morgan fingerprint density at radius 3 is 2.79 bits per heavy atom. The lowest BCUT2D eigenvalue weighted by molar-refractivity contribution is -0.0817. The Hall–Kier alpha value is -0.390. The van der Waals surface area contributed by atoms with Crippen LogP contribution in [0.5, 0.6) is 5.88 Å². The second-order valence-corrected chi connectivity index (χ2v) is 4.11. The Bertz CT molecular complexity index is 357. The van der Waals surface area contributed by atoms with Crippen LogP contribution in [0.4, 0.5) is 0 Å². The lowest BCUT2D eigenvalue weighted by atomic mass is 10.3. The van der Waals surface area contributed by atoms with Crippen molar-refractivity contribution in [2.45, 2.75) is 13.0 Å². The molecule has 76 valence electrons. The highest BCUT2D eigenvalue weighted by molar-refractivity contribution is 9.10. The first-order valence-electron chi connectivity index (χ1n) is 4.11. The van der Waals surface area contributed by atoms with Crippen molar-refractivity contribution in [3.63, 3.8) is 0 Å². The molecule has 0 radical (unpaired) electrons. The Balaban J connectivity index is 2.22. The number of halogens is 2. The third-order valence-electron chi connectivity index (χ3n) is 1.84. The second kappa shape index (κ2) is 4.00. The maximum atomic E-state index is 5.71. The number of nitrogens with zero attached hydrogens (tertiary/aromatic N) is 2. The highest BCUT2D eigenvalue weighted by Crippen LogP contribution is 2.28. The van der Waals surface area contributed by atoms with Crippen LogP contribution in [-0.4, -0.2) is 29.3 Å². The van der Waals surface area contributed by atoms with E-state index in [0.29, 0.717) is 19.1 Å². The summed E-state index contributed by atoms with van der Waals surface area (Å²) in [4.78, 5) is 7.97. The van der Waals surface area contributed by atoms with Crippen molar-refractivity contribution < 1.29 is 9.47 Å². The Morgan fingerprint density at radius 1 is 1.50 bits per heavy atom. The molecule has 0 bridgehead atoms. The summed E-state index contributed by atoms with van der Waals surface area (Å²) in [5, 5.41) is 0.195. The fourth-order valence-corrected chi connectivity index (χ4v) is 1.49. The van der Waals surface area contributed by atoms with Crippen molar-refractivity contribution in [1.82, 2.24) is 9.97 Å². The molecule has 14 heavy (non-hydrogen) atoms. The standard InChI is InChI=1S/C8H8BrClN2O2/c1-4-6(9)7(12-8(10)11-4)14-5-2-13-3-5/h5H,2-3H2,1H3. The molecule has 6 heteroatoms. The SMILES string of the molecule is Cc1nc(Cl)nc(OC2COC2)c1Br. The van der Waals surface area contributed by atoms with Crippen molar-refractivity contribution in [2.75, 3.05) is 13.2 Å². The van der Waals surface area contributed by atoms with Gasteiger partial charge in [0.15, 0.2) is 0 Å². The summed E-state index contributed by atoms with van der Waals surface area (Å²) in [6.07, 6.45) is 0.0802. The monoisotopic (exact) mass is 278 g/mol. The van der Waals surface area contributed by atoms with Crippen LogP contribution in [0.1, 0.15) is 5.69 Å². The molecule has 0 saturated carbocycles. The molecule has 0 spiro atoms. The van der Waals surface area contributed by atoms with Crippen LogP contribution >= 0.6 is 27.5 Å². The smallest absolute Gasteiger partial charge is 0.233 e. The number of aromatic nitrogens is 2. The van der Waals surface area contributed by atoms with Crippen molar-refractivity contribution in [2.24, 2.45) is 0 Å². The number of hydrogen-bond acceptors (Lipinski definition) is 4. The first-order chi connectivity index (χ1) is 6.66. The summed E-state index contributed by atoms with van der Waals surface area (Å²) in [6, 6.07) is 0. The van der Waals surface area contributed by atoms with E-state index in [0.717, 1.165) is 10.2 Å². The molecule has 0 aliphatic carbocycles. The number of hydrogen-bond donors (Lipinski definition) is 0. The van der Waals surface area contributed by atoms with Crippen molar-refractivity contribution >= 4 is 27.5 Å². The Labute approximate surface area is 94.7 Å². The third kappa shape index (κ3) is 1.99. The molecule has 1 aromatic heterocycles. The third-order valence-corrected chi connectivity index (χ3v) is 2.93. The van der Waals surface area contributed by atoms with Gasteiger partial charge in [-0.1, -0.05) is 0 Å². The molecule has 1 saturated heterocycles. The molecule has 4 nitrogen and oxygen atoms in total. The van der Waals surface area contributed by atoms with E-state index in [-0.39, 0.29) is 11.4 Å². The van der Waals surface area contributed by atoms with Gasteiger partial charge in [0.1, 0.15) is 10.6 Å².